The van der Waals surface area contributed by atoms with Crippen molar-refractivity contribution in [1.29, 1.82) is 5.26 Å². The first kappa shape index (κ1) is 15.6. The van der Waals surface area contributed by atoms with Crippen molar-refractivity contribution in [2.24, 2.45) is 5.41 Å². The van der Waals surface area contributed by atoms with E-state index in [-0.39, 0.29) is 18.9 Å². The number of nitriles is 1. The molecule has 0 unspecified atom stereocenters. The van der Waals surface area contributed by atoms with Crippen LogP contribution in [0.2, 0.25) is 0 Å². The lowest BCUT2D eigenvalue weighted by molar-refractivity contribution is 0.163. The molecule has 2 N–H and O–H groups in total. The Kier molecular flexibility index (Phi) is 5.06. The second-order valence-electron chi connectivity index (χ2n) is 5.21. The summed E-state index contributed by atoms with van der Waals surface area (Å²) in [6, 6.07) is 8.39. The van der Waals surface area contributed by atoms with Crippen LogP contribution in [-0.4, -0.2) is 26.7 Å². The number of nitrogens with one attached hydrogen (secondary N) is 1. The van der Waals surface area contributed by atoms with Crippen molar-refractivity contribution in [2.75, 3.05) is 13.2 Å². The molecule has 0 spiro atoms. The van der Waals surface area contributed by atoms with E-state index in [1.54, 1.807) is 38.1 Å². The summed E-state index contributed by atoms with van der Waals surface area (Å²) in [7, 11) is -3.44. The van der Waals surface area contributed by atoms with E-state index in [2.05, 4.69) is 4.72 Å². The molecule has 104 valence electrons. The Labute approximate surface area is 113 Å². The molecule has 0 atom stereocenters. The van der Waals surface area contributed by atoms with Crippen LogP contribution >= 0.6 is 0 Å². The van der Waals surface area contributed by atoms with E-state index in [0.717, 1.165) is 0 Å². The average Bonchev–Trinajstić information content (AvgIpc) is 2.37. The third-order valence-electron chi connectivity index (χ3n) is 2.64. The predicted molar refractivity (Wildman–Crippen MR) is 72.7 cm³/mol. The fourth-order valence-corrected chi connectivity index (χ4v) is 2.65. The summed E-state index contributed by atoms with van der Waals surface area (Å²) in [6.45, 7) is 3.64. The van der Waals surface area contributed by atoms with Gasteiger partial charge in [0.25, 0.3) is 0 Å². The van der Waals surface area contributed by atoms with Gasteiger partial charge >= 0.3 is 0 Å². The normalized spacial score (nSPS) is 12.1. The molecule has 5 nitrogen and oxygen atoms in total. The fourth-order valence-electron chi connectivity index (χ4n) is 1.31. The van der Waals surface area contributed by atoms with Gasteiger partial charge in [-0.3, -0.25) is 0 Å². The van der Waals surface area contributed by atoms with E-state index in [1.807, 2.05) is 6.07 Å². The maximum atomic E-state index is 11.9. The number of hydrogen-bond acceptors (Lipinski definition) is 4. The Morgan fingerprint density at radius 3 is 2.37 bits per heavy atom. The number of hydrogen-bond donors (Lipinski definition) is 2. The van der Waals surface area contributed by atoms with Crippen LogP contribution in [0.4, 0.5) is 0 Å². The van der Waals surface area contributed by atoms with Crippen molar-refractivity contribution < 1.29 is 13.5 Å². The van der Waals surface area contributed by atoms with Crippen LogP contribution in [-0.2, 0) is 15.8 Å². The predicted octanol–water partition coefficient (Wildman–Crippen LogP) is 0.996. The van der Waals surface area contributed by atoms with Crippen LogP contribution < -0.4 is 4.72 Å². The van der Waals surface area contributed by atoms with Gasteiger partial charge in [-0.1, -0.05) is 26.0 Å². The van der Waals surface area contributed by atoms with Gasteiger partial charge < -0.3 is 5.11 Å². The van der Waals surface area contributed by atoms with Gasteiger partial charge in [-0.05, 0) is 17.7 Å². The zero-order valence-corrected chi connectivity index (χ0v) is 11.9. The third-order valence-corrected chi connectivity index (χ3v) is 3.94. The molecule has 0 aliphatic carbocycles. The molecule has 0 amide bonds. The molecule has 1 rings (SSSR count). The second-order valence-corrected chi connectivity index (χ2v) is 7.02. The smallest absolute Gasteiger partial charge is 0.215 e. The van der Waals surface area contributed by atoms with Crippen molar-refractivity contribution >= 4 is 10.0 Å². The molecular formula is C13H18N2O3S. The van der Waals surface area contributed by atoms with E-state index in [1.165, 1.54) is 0 Å². The van der Waals surface area contributed by atoms with Crippen molar-refractivity contribution in [3.8, 4) is 6.07 Å². The van der Waals surface area contributed by atoms with Crippen LogP contribution in [0.5, 0.6) is 0 Å². The number of aliphatic hydroxyl groups excluding tert-OH is 1. The number of rotatable bonds is 6. The summed E-state index contributed by atoms with van der Waals surface area (Å²) in [6.07, 6.45) is 0. The van der Waals surface area contributed by atoms with Gasteiger partial charge in [0, 0.05) is 18.6 Å². The molecule has 19 heavy (non-hydrogen) atoms. The van der Waals surface area contributed by atoms with Crippen molar-refractivity contribution in [1.82, 2.24) is 4.72 Å². The Hall–Kier alpha value is -1.42. The molecule has 0 aromatic heterocycles. The minimum Gasteiger partial charge on any atom is -0.396 e. The molecule has 1 aromatic rings. The van der Waals surface area contributed by atoms with Crippen molar-refractivity contribution in [2.45, 2.75) is 19.6 Å². The Morgan fingerprint density at radius 1 is 1.32 bits per heavy atom. The van der Waals surface area contributed by atoms with Gasteiger partial charge in [0.2, 0.25) is 10.0 Å². The minimum atomic E-state index is -3.44. The molecule has 0 aliphatic heterocycles. The Balaban J connectivity index is 2.66. The first-order valence-electron chi connectivity index (χ1n) is 5.85. The fraction of sp³-hybridized carbons (Fsp3) is 0.462. The first-order valence-corrected chi connectivity index (χ1v) is 7.50. The zero-order chi connectivity index (χ0) is 14.5. The molecule has 0 heterocycles. The van der Waals surface area contributed by atoms with Crippen LogP contribution in [0.3, 0.4) is 0 Å². The van der Waals surface area contributed by atoms with Crippen LogP contribution in [0.15, 0.2) is 24.3 Å². The highest BCUT2D eigenvalue weighted by Gasteiger charge is 2.20. The van der Waals surface area contributed by atoms with Crippen molar-refractivity contribution in [3.05, 3.63) is 35.4 Å². The summed E-state index contributed by atoms with van der Waals surface area (Å²) >= 11 is 0. The quantitative estimate of drug-likeness (QED) is 0.814. The maximum absolute atomic E-state index is 11.9. The number of aliphatic hydroxyl groups is 1. The summed E-state index contributed by atoms with van der Waals surface area (Å²) < 4.78 is 26.2. The zero-order valence-electron chi connectivity index (χ0n) is 11.0. The lowest BCUT2D eigenvalue weighted by atomic mass is 9.96. The second kappa shape index (κ2) is 6.15. The van der Waals surface area contributed by atoms with Crippen LogP contribution in [0.25, 0.3) is 0 Å². The molecule has 6 heteroatoms. The molecule has 0 saturated heterocycles. The van der Waals surface area contributed by atoms with Gasteiger partial charge in [-0.2, -0.15) is 5.26 Å². The highest BCUT2D eigenvalue weighted by atomic mass is 32.2. The average molecular weight is 282 g/mol. The third kappa shape index (κ3) is 5.39. The number of sulfonamides is 1. The van der Waals surface area contributed by atoms with Crippen LogP contribution in [0, 0.1) is 16.7 Å². The Bertz CT molecular complexity index is 557. The molecule has 0 fully saturated rings. The lowest BCUT2D eigenvalue weighted by Gasteiger charge is -2.21. The number of benzene rings is 1. The van der Waals surface area contributed by atoms with E-state index in [4.69, 9.17) is 10.4 Å². The topological polar surface area (TPSA) is 90.2 Å². The molecule has 0 saturated carbocycles. The van der Waals surface area contributed by atoms with Gasteiger partial charge in [-0.15, -0.1) is 0 Å². The van der Waals surface area contributed by atoms with Crippen LogP contribution in [0.1, 0.15) is 25.0 Å². The monoisotopic (exact) mass is 282 g/mol. The summed E-state index contributed by atoms with van der Waals surface area (Å²) in [5, 5.41) is 17.7. The molecule has 1 aromatic carbocycles. The van der Waals surface area contributed by atoms with Gasteiger partial charge in [0.05, 0.1) is 17.4 Å². The molecule has 0 radical (unpaired) electrons. The molecular weight excluding hydrogens is 264 g/mol. The summed E-state index contributed by atoms with van der Waals surface area (Å²) in [5.41, 5.74) is 0.626. The molecule has 0 bridgehead atoms. The summed E-state index contributed by atoms with van der Waals surface area (Å²) in [4.78, 5) is 0. The largest absolute Gasteiger partial charge is 0.396 e. The van der Waals surface area contributed by atoms with E-state index in [0.29, 0.717) is 11.1 Å². The SMILES string of the molecule is CC(C)(CO)CNS(=O)(=O)Cc1ccc(C#N)cc1. The van der Waals surface area contributed by atoms with Gasteiger partial charge in [0.1, 0.15) is 0 Å². The number of nitrogens with zero attached hydrogens (tertiary/aromatic N) is 1. The van der Waals surface area contributed by atoms with Crippen molar-refractivity contribution in [3.63, 3.8) is 0 Å². The Morgan fingerprint density at radius 2 is 1.89 bits per heavy atom. The maximum Gasteiger partial charge on any atom is 0.215 e. The first-order chi connectivity index (χ1) is 8.78. The molecule has 0 aliphatic rings. The van der Waals surface area contributed by atoms with Gasteiger partial charge in [-0.25, -0.2) is 13.1 Å². The van der Waals surface area contributed by atoms with E-state index < -0.39 is 15.4 Å². The highest BCUT2D eigenvalue weighted by Crippen LogP contribution is 2.13. The van der Waals surface area contributed by atoms with E-state index >= 15 is 0 Å². The highest BCUT2D eigenvalue weighted by molar-refractivity contribution is 7.88. The van der Waals surface area contributed by atoms with E-state index in [9.17, 15) is 8.42 Å². The minimum absolute atomic E-state index is 0.0909. The summed E-state index contributed by atoms with van der Waals surface area (Å²) in [5.74, 6) is -0.139. The van der Waals surface area contributed by atoms with Gasteiger partial charge in [0.15, 0.2) is 0 Å². The standard InChI is InChI=1S/C13H18N2O3S/c1-13(2,10-16)9-15-19(17,18)8-12-5-3-11(7-14)4-6-12/h3-6,15-16H,8-10H2,1-2H3. The lowest BCUT2D eigenvalue weighted by Crippen LogP contribution is -2.36.